The van der Waals surface area contributed by atoms with Crippen molar-refractivity contribution in [2.45, 2.75) is 110 Å². The van der Waals surface area contributed by atoms with Gasteiger partial charge < -0.3 is 0 Å². The van der Waals surface area contributed by atoms with E-state index in [1.165, 1.54) is 107 Å². The van der Waals surface area contributed by atoms with Gasteiger partial charge in [0.15, 0.2) is 0 Å². The maximum Gasteiger partial charge on any atom is -0.0162 e. The molecule has 2 aliphatic rings. The fourth-order valence-corrected chi connectivity index (χ4v) is 6.18. The lowest BCUT2D eigenvalue weighted by molar-refractivity contribution is 0.319. The van der Waals surface area contributed by atoms with Gasteiger partial charge in [0.05, 0.1) is 0 Å². The third-order valence-corrected chi connectivity index (χ3v) is 8.63. The minimum absolute atomic E-state index is 0.780. The predicted octanol–water partition coefficient (Wildman–Crippen LogP) is 10.6. The van der Waals surface area contributed by atoms with Crippen LogP contribution in [0.4, 0.5) is 0 Å². The molecule has 33 heavy (non-hydrogen) atoms. The summed E-state index contributed by atoms with van der Waals surface area (Å²) in [6.45, 7) is 4.65. The summed E-state index contributed by atoms with van der Waals surface area (Å²) >= 11 is 0. The Balaban J connectivity index is 1.29. The highest BCUT2D eigenvalue weighted by molar-refractivity contribution is 5.71. The molecule has 4 rings (SSSR count). The topological polar surface area (TPSA) is 0 Å². The molecule has 178 valence electrons. The molecule has 0 amide bonds. The van der Waals surface area contributed by atoms with Crippen molar-refractivity contribution in [3.05, 3.63) is 65.7 Å². The summed E-state index contributed by atoms with van der Waals surface area (Å²) in [6.07, 6.45) is 21.9. The maximum atomic E-state index is 2.54. The van der Waals surface area contributed by atoms with E-state index in [0.29, 0.717) is 0 Å². The first kappa shape index (κ1) is 24.3. The van der Waals surface area contributed by atoms with E-state index >= 15 is 0 Å². The molecule has 0 heterocycles. The zero-order valence-corrected chi connectivity index (χ0v) is 21.3. The molecule has 0 heteroatoms. The van der Waals surface area contributed by atoms with Crippen LogP contribution in [-0.2, 0) is 0 Å². The number of benzene rings is 2. The molecule has 0 nitrogen and oxygen atoms in total. The van der Waals surface area contributed by atoms with Crippen molar-refractivity contribution in [3.63, 3.8) is 0 Å². The third-order valence-electron chi connectivity index (χ3n) is 8.63. The zero-order chi connectivity index (χ0) is 22.9. The van der Waals surface area contributed by atoms with Crippen molar-refractivity contribution in [2.24, 2.45) is 11.8 Å². The molecular formula is C33H46. The summed E-state index contributed by atoms with van der Waals surface area (Å²) in [6, 6.07) is 18.9. The van der Waals surface area contributed by atoms with Gasteiger partial charge in [0.25, 0.3) is 0 Å². The number of unbranched alkanes of at least 4 members (excludes halogenated alkanes) is 4. The Morgan fingerprint density at radius 1 is 0.636 bits per heavy atom. The summed E-state index contributed by atoms with van der Waals surface area (Å²) in [5.74, 6) is 2.67. The van der Waals surface area contributed by atoms with Gasteiger partial charge in [0.1, 0.15) is 0 Å². The summed E-state index contributed by atoms with van der Waals surface area (Å²) < 4.78 is 0. The Hall–Kier alpha value is -1.82. The Morgan fingerprint density at radius 2 is 1.27 bits per heavy atom. The molecule has 1 unspecified atom stereocenters. The molecular weight excluding hydrogens is 396 g/mol. The predicted molar refractivity (Wildman–Crippen MR) is 146 cm³/mol. The SMILES string of the molecule is CCCCCCCC1CC=C(c2ccc(-c3ccc([C@H]4CC[C@H](CC)CC4)cc3)cc2)CC1. The average molecular weight is 443 g/mol. The number of allylic oxidation sites excluding steroid dienone is 2. The second-order valence-electron chi connectivity index (χ2n) is 10.9. The molecule has 2 aromatic carbocycles. The minimum atomic E-state index is 0.780. The zero-order valence-electron chi connectivity index (χ0n) is 21.3. The first-order valence-corrected chi connectivity index (χ1v) is 14.2. The lowest BCUT2D eigenvalue weighted by atomic mass is 9.77. The Morgan fingerprint density at radius 3 is 1.88 bits per heavy atom. The van der Waals surface area contributed by atoms with Gasteiger partial charge in [-0.2, -0.15) is 0 Å². The number of hydrogen-bond acceptors (Lipinski definition) is 0. The van der Waals surface area contributed by atoms with Crippen LogP contribution in [-0.4, -0.2) is 0 Å². The van der Waals surface area contributed by atoms with Crippen LogP contribution in [0.25, 0.3) is 16.7 Å². The van der Waals surface area contributed by atoms with E-state index in [-0.39, 0.29) is 0 Å². The lowest BCUT2D eigenvalue weighted by Crippen LogP contribution is -2.12. The normalized spacial score (nSPS) is 23.3. The first-order valence-electron chi connectivity index (χ1n) is 14.2. The van der Waals surface area contributed by atoms with Gasteiger partial charge in [-0.3, -0.25) is 0 Å². The van der Waals surface area contributed by atoms with Crippen LogP contribution in [0.2, 0.25) is 0 Å². The highest BCUT2D eigenvalue weighted by Gasteiger charge is 2.21. The monoisotopic (exact) mass is 442 g/mol. The van der Waals surface area contributed by atoms with Gasteiger partial charge >= 0.3 is 0 Å². The minimum Gasteiger partial charge on any atom is -0.0804 e. The molecule has 1 atom stereocenters. The lowest BCUT2D eigenvalue weighted by Gasteiger charge is -2.28. The van der Waals surface area contributed by atoms with Crippen LogP contribution in [0.5, 0.6) is 0 Å². The average Bonchev–Trinajstić information content (AvgIpc) is 2.89. The van der Waals surface area contributed by atoms with Crippen molar-refractivity contribution in [3.8, 4) is 11.1 Å². The molecule has 0 spiro atoms. The van der Waals surface area contributed by atoms with E-state index in [4.69, 9.17) is 0 Å². The number of rotatable bonds is 10. The first-order chi connectivity index (χ1) is 16.3. The second-order valence-corrected chi connectivity index (χ2v) is 10.9. The van der Waals surface area contributed by atoms with Gasteiger partial charge in [0.2, 0.25) is 0 Å². The van der Waals surface area contributed by atoms with Gasteiger partial charge in [-0.1, -0.05) is 113 Å². The second kappa shape index (κ2) is 12.6. The van der Waals surface area contributed by atoms with Crippen LogP contribution in [0.3, 0.4) is 0 Å². The van der Waals surface area contributed by atoms with Crippen LogP contribution in [0.15, 0.2) is 54.6 Å². The fourth-order valence-electron chi connectivity index (χ4n) is 6.18. The van der Waals surface area contributed by atoms with E-state index in [9.17, 15) is 0 Å². The Labute approximate surface area is 203 Å². The number of hydrogen-bond donors (Lipinski definition) is 0. The van der Waals surface area contributed by atoms with Crippen molar-refractivity contribution in [2.75, 3.05) is 0 Å². The summed E-state index contributed by atoms with van der Waals surface area (Å²) in [5.41, 5.74) is 7.26. The summed E-state index contributed by atoms with van der Waals surface area (Å²) in [5, 5.41) is 0. The molecule has 1 saturated carbocycles. The van der Waals surface area contributed by atoms with Crippen LogP contribution in [0, 0.1) is 11.8 Å². The summed E-state index contributed by atoms with van der Waals surface area (Å²) in [4.78, 5) is 0. The quantitative estimate of drug-likeness (QED) is 0.321. The highest BCUT2D eigenvalue weighted by Crippen LogP contribution is 2.38. The molecule has 0 aromatic heterocycles. The maximum absolute atomic E-state index is 2.54. The summed E-state index contributed by atoms with van der Waals surface area (Å²) in [7, 11) is 0. The molecule has 0 aliphatic heterocycles. The van der Waals surface area contributed by atoms with Crippen molar-refractivity contribution >= 4 is 5.57 Å². The molecule has 2 aromatic rings. The fraction of sp³-hybridized carbons (Fsp3) is 0.576. The molecule has 1 fully saturated rings. The third kappa shape index (κ3) is 6.84. The van der Waals surface area contributed by atoms with Crippen molar-refractivity contribution < 1.29 is 0 Å². The van der Waals surface area contributed by atoms with E-state index < -0.39 is 0 Å². The van der Waals surface area contributed by atoms with Gasteiger partial charge in [-0.05, 0) is 90.5 Å². The molecule has 0 saturated heterocycles. The van der Waals surface area contributed by atoms with Crippen LogP contribution >= 0.6 is 0 Å². The standard InChI is InChI=1S/C33H46/c1-3-5-6-7-8-9-27-12-16-29(17-13-27)31-20-24-33(25-21-31)32-22-18-30(19-23-32)28-14-10-26(4-2)11-15-28/h16,18-28H,3-15,17H2,1-2H3/t26-,27?,28-. The van der Waals surface area contributed by atoms with E-state index in [1.807, 2.05) is 0 Å². The molecule has 0 bridgehead atoms. The van der Waals surface area contributed by atoms with Crippen molar-refractivity contribution in [1.29, 1.82) is 0 Å². The van der Waals surface area contributed by atoms with E-state index in [0.717, 1.165) is 17.8 Å². The Kier molecular flexibility index (Phi) is 9.27. The Bertz CT molecular complexity index is 846. The van der Waals surface area contributed by atoms with Gasteiger partial charge in [-0.15, -0.1) is 0 Å². The smallest absolute Gasteiger partial charge is 0.0162 e. The van der Waals surface area contributed by atoms with Crippen LogP contribution in [0.1, 0.15) is 121 Å². The molecule has 0 radical (unpaired) electrons. The van der Waals surface area contributed by atoms with Crippen molar-refractivity contribution in [1.82, 2.24) is 0 Å². The highest BCUT2D eigenvalue weighted by atomic mass is 14.3. The molecule has 2 aliphatic carbocycles. The van der Waals surface area contributed by atoms with Gasteiger partial charge in [0, 0.05) is 0 Å². The van der Waals surface area contributed by atoms with Crippen LogP contribution < -0.4 is 0 Å². The van der Waals surface area contributed by atoms with Gasteiger partial charge in [-0.25, -0.2) is 0 Å². The molecule has 0 N–H and O–H groups in total. The van der Waals surface area contributed by atoms with E-state index in [2.05, 4.69) is 68.5 Å². The van der Waals surface area contributed by atoms with E-state index in [1.54, 1.807) is 11.1 Å². The largest absolute Gasteiger partial charge is 0.0804 e.